The van der Waals surface area contributed by atoms with E-state index in [1.165, 1.54) is 27.8 Å². The van der Waals surface area contributed by atoms with Crippen molar-refractivity contribution < 1.29 is 9.53 Å². The van der Waals surface area contributed by atoms with Crippen LogP contribution < -0.4 is 4.74 Å². The molecule has 2 heteroatoms. The highest BCUT2D eigenvalue weighted by atomic mass is 16.5. The molecule has 134 valence electrons. The molecular formula is C24H26O2. The standard InChI is InChI=1S/C24H26O2/c1-6-7-22(16-26-23-11-9-21(15-25)10-12-23)19(4)20(5)24-13-8-17(2)14-18(24)3/h6-15H,1,16H2,2-5H3/b20-19+,22-7-. The Morgan fingerprint density at radius 3 is 2.35 bits per heavy atom. The van der Waals surface area contributed by atoms with Gasteiger partial charge in [0.25, 0.3) is 0 Å². The van der Waals surface area contributed by atoms with Gasteiger partial charge in [0.2, 0.25) is 0 Å². The lowest BCUT2D eigenvalue weighted by Crippen LogP contribution is -2.04. The predicted molar refractivity (Wildman–Crippen MR) is 110 cm³/mol. The molecule has 0 saturated heterocycles. The van der Waals surface area contributed by atoms with Crippen molar-refractivity contribution >= 4 is 11.9 Å². The van der Waals surface area contributed by atoms with Gasteiger partial charge in [0.15, 0.2) is 0 Å². The minimum atomic E-state index is 0.445. The third kappa shape index (κ3) is 4.82. The Morgan fingerprint density at radius 2 is 1.77 bits per heavy atom. The van der Waals surface area contributed by atoms with E-state index < -0.39 is 0 Å². The van der Waals surface area contributed by atoms with Gasteiger partial charge in [-0.15, -0.1) is 0 Å². The van der Waals surface area contributed by atoms with Gasteiger partial charge in [0, 0.05) is 5.56 Å². The lowest BCUT2D eigenvalue weighted by molar-refractivity contribution is 0.112. The van der Waals surface area contributed by atoms with E-state index in [0.29, 0.717) is 12.2 Å². The Kier molecular flexibility index (Phi) is 6.74. The minimum absolute atomic E-state index is 0.445. The summed E-state index contributed by atoms with van der Waals surface area (Å²) in [5, 5.41) is 0. The fraction of sp³-hybridized carbons (Fsp3) is 0.208. The van der Waals surface area contributed by atoms with E-state index in [-0.39, 0.29) is 0 Å². The van der Waals surface area contributed by atoms with Crippen molar-refractivity contribution in [2.24, 2.45) is 0 Å². The summed E-state index contributed by atoms with van der Waals surface area (Å²) in [6.07, 6.45) is 4.60. The lowest BCUT2D eigenvalue weighted by atomic mass is 9.93. The lowest BCUT2D eigenvalue weighted by Gasteiger charge is -2.15. The van der Waals surface area contributed by atoms with Crippen LogP contribution in [0.4, 0.5) is 0 Å². The summed E-state index contributed by atoms with van der Waals surface area (Å²) in [6, 6.07) is 13.6. The first-order valence-electron chi connectivity index (χ1n) is 8.71. The summed E-state index contributed by atoms with van der Waals surface area (Å²) in [7, 11) is 0. The van der Waals surface area contributed by atoms with Crippen molar-refractivity contribution in [3.8, 4) is 5.75 Å². The van der Waals surface area contributed by atoms with Crippen LogP contribution in [-0.2, 0) is 0 Å². The molecule has 2 aromatic carbocycles. The van der Waals surface area contributed by atoms with Crippen LogP contribution in [0.15, 0.2) is 72.3 Å². The molecule has 0 spiro atoms. The van der Waals surface area contributed by atoms with Gasteiger partial charge < -0.3 is 4.74 Å². The van der Waals surface area contributed by atoms with Crippen molar-refractivity contribution in [2.75, 3.05) is 6.61 Å². The highest BCUT2D eigenvalue weighted by Crippen LogP contribution is 2.27. The number of allylic oxidation sites excluding steroid dienone is 3. The topological polar surface area (TPSA) is 26.3 Å². The van der Waals surface area contributed by atoms with E-state index >= 15 is 0 Å². The van der Waals surface area contributed by atoms with Crippen molar-refractivity contribution in [3.05, 3.63) is 94.6 Å². The van der Waals surface area contributed by atoms with Gasteiger partial charge in [0.05, 0.1) is 0 Å². The summed E-state index contributed by atoms with van der Waals surface area (Å²) < 4.78 is 5.91. The zero-order valence-corrected chi connectivity index (χ0v) is 16.0. The van der Waals surface area contributed by atoms with Gasteiger partial charge >= 0.3 is 0 Å². The van der Waals surface area contributed by atoms with Gasteiger partial charge in [-0.2, -0.15) is 0 Å². The molecule has 0 heterocycles. The second-order valence-electron chi connectivity index (χ2n) is 6.47. The molecule has 0 aliphatic heterocycles. The Labute approximate surface area is 156 Å². The quantitative estimate of drug-likeness (QED) is 0.447. The van der Waals surface area contributed by atoms with Gasteiger partial charge in [-0.25, -0.2) is 0 Å². The molecule has 2 rings (SSSR count). The van der Waals surface area contributed by atoms with Crippen molar-refractivity contribution in [2.45, 2.75) is 27.7 Å². The van der Waals surface area contributed by atoms with Gasteiger partial charge in [-0.1, -0.05) is 42.5 Å². The molecule has 0 radical (unpaired) electrons. The Balaban J connectivity index is 2.25. The molecule has 0 saturated carbocycles. The summed E-state index contributed by atoms with van der Waals surface area (Å²) in [6.45, 7) is 12.8. The van der Waals surface area contributed by atoms with Gasteiger partial charge in [-0.3, -0.25) is 4.79 Å². The SMILES string of the molecule is C=C/C=C(COc1ccc(C=O)cc1)\C(C)=C(/C)c1ccc(C)cc1C. The molecule has 0 atom stereocenters. The second kappa shape index (κ2) is 9.00. The van der Waals surface area contributed by atoms with E-state index in [2.05, 4.69) is 52.5 Å². The maximum atomic E-state index is 10.7. The molecule has 0 aromatic heterocycles. The second-order valence-corrected chi connectivity index (χ2v) is 6.47. The highest BCUT2D eigenvalue weighted by molar-refractivity contribution is 5.75. The zero-order chi connectivity index (χ0) is 19.1. The van der Waals surface area contributed by atoms with Gasteiger partial charge in [0.1, 0.15) is 18.6 Å². The minimum Gasteiger partial charge on any atom is -0.489 e. The molecule has 2 nitrogen and oxygen atoms in total. The summed E-state index contributed by atoms with van der Waals surface area (Å²) in [4.78, 5) is 10.7. The van der Waals surface area contributed by atoms with Crippen LogP contribution in [0.2, 0.25) is 0 Å². The van der Waals surface area contributed by atoms with Crippen LogP contribution in [0, 0.1) is 13.8 Å². The largest absolute Gasteiger partial charge is 0.489 e. The smallest absolute Gasteiger partial charge is 0.150 e. The van der Waals surface area contributed by atoms with Gasteiger partial charge in [-0.05, 0) is 79.8 Å². The van der Waals surface area contributed by atoms with Crippen LogP contribution in [0.5, 0.6) is 5.75 Å². The molecule has 0 N–H and O–H groups in total. The van der Waals surface area contributed by atoms with Crippen LogP contribution in [0.25, 0.3) is 5.57 Å². The molecular weight excluding hydrogens is 320 g/mol. The molecule has 0 unspecified atom stereocenters. The van der Waals surface area contributed by atoms with Crippen LogP contribution in [0.3, 0.4) is 0 Å². The van der Waals surface area contributed by atoms with E-state index in [1.54, 1.807) is 18.2 Å². The van der Waals surface area contributed by atoms with E-state index in [9.17, 15) is 4.79 Å². The number of carbonyl (C=O) groups is 1. The maximum absolute atomic E-state index is 10.7. The van der Waals surface area contributed by atoms with E-state index in [4.69, 9.17) is 4.74 Å². The van der Waals surface area contributed by atoms with Crippen molar-refractivity contribution in [1.82, 2.24) is 0 Å². The number of aryl methyl sites for hydroxylation is 2. The van der Waals surface area contributed by atoms with Crippen LogP contribution in [0.1, 0.15) is 40.9 Å². The number of rotatable bonds is 7. The average Bonchev–Trinajstić information content (AvgIpc) is 2.64. The molecule has 2 aromatic rings. The Hall–Kier alpha value is -2.87. The molecule has 0 aliphatic rings. The molecule has 0 aliphatic carbocycles. The van der Waals surface area contributed by atoms with E-state index in [0.717, 1.165) is 17.6 Å². The number of aldehydes is 1. The zero-order valence-electron chi connectivity index (χ0n) is 16.0. The molecule has 0 fully saturated rings. The van der Waals surface area contributed by atoms with Crippen molar-refractivity contribution in [1.29, 1.82) is 0 Å². The first kappa shape index (κ1) is 19.5. The third-order valence-corrected chi connectivity index (χ3v) is 4.56. The van der Waals surface area contributed by atoms with Crippen LogP contribution in [-0.4, -0.2) is 12.9 Å². The van der Waals surface area contributed by atoms with E-state index in [1.807, 2.05) is 18.2 Å². The Bertz CT molecular complexity index is 852. The third-order valence-electron chi connectivity index (χ3n) is 4.56. The first-order valence-corrected chi connectivity index (χ1v) is 8.71. The van der Waals surface area contributed by atoms with Crippen molar-refractivity contribution in [3.63, 3.8) is 0 Å². The monoisotopic (exact) mass is 346 g/mol. The predicted octanol–water partition coefficient (Wildman–Crippen LogP) is 6.10. The molecule has 26 heavy (non-hydrogen) atoms. The number of hydrogen-bond acceptors (Lipinski definition) is 2. The normalized spacial score (nSPS) is 12.4. The number of hydrogen-bond donors (Lipinski definition) is 0. The Morgan fingerprint density at radius 1 is 1.08 bits per heavy atom. The fourth-order valence-corrected chi connectivity index (χ4v) is 2.90. The average molecular weight is 346 g/mol. The first-order chi connectivity index (χ1) is 12.5. The molecule has 0 bridgehead atoms. The van der Waals surface area contributed by atoms with Crippen LogP contribution >= 0.6 is 0 Å². The number of carbonyl (C=O) groups excluding carboxylic acids is 1. The summed E-state index contributed by atoms with van der Waals surface area (Å²) in [5.74, 6) is 0.738. The summed E-state index contributed by atoms with van der Waals surface area (Å²) in [5.41, 5.74) is 7.92. The highest BCUT2D eigenvalue weighted by Gasteiger charge is 2.09. The number of benzene rings is 2. The maximum Gasteiger partial charge on any atom is 0.150 e. The number of ether oxygens (including phenoxy) is 1. The fourth-order valence-electron chi connectivity index (χ4n) is 2.90. The summed E-state index contributed by atoms with van der Waals surface area (Å²) >= 11 is 0. The molecule has 0 amide bonds.